The Bertz CT molecular complexity index is 1010. The molecule has 168 valence electrons. The number of nitrogens with zero attached hydrogens (tertiary/aromatic N) is 2. The van der Waals surface area contributed by atoms with Crippen LogP contribution in [0.5, 0.6) is 5.75 Å². The molecule has 2 saturated heterocycles. The van der Waals surface area contributed by atoms with E-state index in [2.05, 4.69) is 0 Å². The molecule has 0 bridgehead atoms. The Morgan fingerprint density at radius 1 is 1.03 bits per heavy atom. The number of methoxy groups -OCH3 is 1. The minimum Gasteiger partial charge on any atom is -0.497 e. The lowest BCUT2D eigenvalue weighted by Gasteiger charge is -2.44. The summed E-state index contributed by atoms with van der Waals surface area (Å²) >= 11 is 0. The van der Waals surface area contributed by atoms with E-state index in [-0.39, 0.29) is 11.8 Å². The van der Waals surface area contributed by atoms with Crippen LogP contribution in [0, 0.1) is 0 Å². The molecule has 1 spiro atoms. The van der Waals surface area contributed by atoms with Gasteiger partial charge in [-0.2, -0.15) is 0 Å². The van der Waals surface area contributed by atoms with Crippen LogP contribution in [0.3, 0.4) is 0 Å². The molecule has 32 heavy (non-hydrogen) atoms. The first kappa shape index (κ1) is 21.0. The molecule has 3 aliphatic rings. The van der Waals surface area contributed by atoms with Gasteiger partial charge in [0.15, 0.2) is 5.79 Å². The fraction of sp³-hybridized carbons (Fsp3) is 0.440. The topological polar surface area (TPSA) is 68.3 Å². The monoisotopic (exact) mass is 436 g/mol. The summed E-state index contributed by atoms with van der Waals surface area (Å²) in [7, 11) is 3.40. The zero-order valence-electron chi connectivity index (χ0n) is 18.5. The summed E-state index contributed by atoms with van der Waals surface area (Å²) in [4.78, 5) is 30.7. The smallest absolute Gasteiger partial charge is 0.254 e. The second kappa shape index (κ2) is 8.22. The molecule has 3 aliphatic heterocycles. The number of carbonyl (C=O) groups is 2. The minimum atomic E-state index is -0.538. The van der Waals surface area contributed by atoms with Crippen LogP contribution in [0.1, 0.15) is 46.3 Å². The number of ether oxygens (including phenoxy) is 3. The molecule has 7 nitrogen and oxygen atoms in total. The van der Waals surface area contributed by atoms with E-state index >= 15 is 0 Å². The standard InChI is InChI=1S/C25H28N2O5/c1-26-22(17-7-9-18(30-2)10-8-17)21(19-5-3-4-6-20(19)23(26)28)24(29)27-13-11-25(12-14-27)31-15-16-32-25/h3-10,21-22H,11-16H2,1-2H3/t21-,22-/m0/s1. The molecule has 5 rings (SSSR count). The van der Waals surface area contributed by atoms with Gasteiger partial charge in [-0.25, -0.2) is 0 Å². The van der Waals surface area contributed by atoms with Gasteiger partial charge in [-0.3, -0.25) is 9.59 Å². The summed E-state index contributed by atoms with van der Waals surface area (Å²) in [6, 6.07) is 14.7. The Labute approximate surface area is 187 Å². The van der Waals surface area contributed by atoms with Gasteiger partial charge in [0.2, 0.25) is 5.91 Å². The highest BCUT2D eigenvalue weighted by atomic mass is 16.7. The fourth-order valence-corrected chi connectivity index (χ4v) is 5.21. The van der Waals surface area contributed by atoms with Crippen molar-refractivity contribution < 1.29 is 23.8 Å². The summed E-state index contributed by atoms with van der Waals surface area (Å²) < 4.78 is 17.0. The largest absolute Gasteiger partial charge is 0.497 e. The van der Waals surface area contributed by atoms with Crippen molar-refractivity contribution >= 4 is 11.8 Å². The predicted molar refractivity (Wildman–Crippen MR) is 117 cm³/mol. The SMILES string of the molecule is COc1ccc([C@H]2[C@@H](C(=O)N3CCC4(CC3)OCCO4)c3ccccc3C(=O)N2C)cc1. The molecule has 0 radical (unpaired) electrons. The van der Waals surface area contributed by atoms with Crippen molar-refractivity contribution in [3.05, 3.63) is 65.2 Å². The Hall–Kier alpha value is -2.90. The number of likely N-dealkylation sites (tertiary alicyclic amines) is 1. The highest BCUT2D eigenvalue weighted by Crippen LogP contribution is 2.44. The van der Waals surface area contributed by atoms with Gasteiger partial charge in [0.1, 0.15) is 5.75 Å². The fourth-order valence-electron chi connectivity index (χ4n) is 5.21. The van der Waals surface area contributed by atoms with E-state index in [0.29, 0.717) is 44.7 Å². The van der Waals surface area contributed by atoms with Crippen LogP contribution < -0.4 is 4.74 Å². The number of hydrogen-bond acceptors (Lipinski definition) is 5. The van der Waals surface area contributed by atoms with E-state index in [0.717, 1.165) is 16.9 Å². The van der Waals surface area contributed by atoms with Crippen LogP contribution >= 0.6 is 0 Å². The van der Waals surface area contributed by atoms with Gasteiger partial charge in [0.25, 0.3) is 5.91 Å². The maximum absolute atomic E-state index is 14.0. The number of rotatable bonds is 3. The third-order valence-electron chi connectivity index (χ3n) is 6.95. The van der Waals surface area contributed by atoms with Crippen molar-refractivity contribution in [2.75, 3.05) is 40.5 Å². The third kappa shape index (κ3) is 3.45. The van der Waals surface area contributed by atoms with E-state index in [1.54, 1.807) is 19.1 Å². The minimum absolute atomic E-state index is 0.0328. The number of hydrogen-bond donors (Lipinski definition) is 0. The molecule has 0 saturated carbocycles. The summed E-state index contributed by atoms with van der Waals surface area (Å²) in [5.41, 5.74) is 2.29. The van der Waals surface area contributed by atoms with Crippen molar-refractivity contribution in [2.24, 2.45) is 0 Å². The lowest BCUT2D eigenvalue weighted by Crippen LogP contribution is -2.51. The Morgan fingerprint density at radius 3 is 2.34 bits per heavy atom. The zero-order chi connectivity index (χ0) is 22.3. The van der Waals surface area contributed by atoms with Gasteiger partial charge in [0.05, 0.1) is 32.3 Å². The number of fused-ring (bicyclic) bond motifs is 1. The molecule has 0 unspecified atom stereocenters. The van der Waals surface area contributed by atoms with Crippen LogP contribution in [0.25, 0.3) is 0 Å². The van der Waals surface area contributed by atoms with Crippen LogP contribution in [0.4, 0.5) is 0 Å². The van der Waals surface area contributed by atoms with Crippen LogP contribution in [-0.2, 0) is 14.3 Å². The van der Waals surface area contributed by atoms with Crippen LogP contribution in [0.15, 0.2) is 48.5 Å². The molecule has 2 fully saturated rings. The van der Waals surface area contributed by atoms with Gasteiger partial charge in [-0.05, 0) is 29.3 Å². The molecule has 2 aromatic rings. The van der Waals surface area contributed by atoms with E-state index in [1.165, 1.54) is 0 Å². The molecule has 7 heteroatoms. The molecule has 2 aromatic carbocycles. The summed E-state index contributed by atoms with van der Waals surface area (Å²) in [6.45, 7) is 2.36. The molecule has 3 heterocycles. The first-order chi connectivity index (χ1) is 15.5. The van der Waals surface area contributed by atoms with E-state index in [1.807, 2.05) is 53.4 Å². The summed E-state index contributed by atoms with van der Waals surface area (Å²) in [6.07, 6.45) is 1.32. The van der Waals surface area contributed by atoms with Crippen molar-refractivity contribution in [1.82, 2.24) is 9.80 Å². The van der Waals surface area contributed by atoms with Gasteiger partial charge in [-0.15, -0.1) is 0 Å². The van der Waals surface area contributed by atoms with E-state index in [4.69, 9.17) is 14.2 Å². The van der Waals surface area contributed by atoms with Gasteiger partial charge >= 0.3 is 0 Å². The molecule has 0 N–H and O–H groups in total. The first-order valence-electron chi connectivity index (χ1n) is 11.1. The highest BCUT2D eigenvalue weighted by Gasteiger charge is 2.47. The van der Waals surface area contributed by atoms with Crippen molar-refractivity contribution in [3.8, 4) is 5.75 Å². The Balaban J connectivity index is 1.50. The molecule has 2 atom stereocenters. The van der Waals surface area contributed by atoms with E-state index in [9.17, 15) is 9.59 Å². The lowest BCUT2D eigenvalue weighted by atomic mass is 9.79. The van der Waals surface area contributed by atoms with Crippen LogP contribution in [0.2, 0.25) is 0 Å². The number of likely N-dealkylation sites (N-methyl/N-ethyl adjacent to an activating group) is 1. The normalized spacial score (nSPS) is 24.5. The maximum Gasteiger partial charge on any atom is 0.254 e. The summed E-state index contributed by atoms with van der Waals surface area (Å²) in [5.74, 6) is -0.327. The average molecular weight is 437 g/mol. The van der Waals surface area contributed by atoms with Crippen molar-refractivity contribution in [3.63, 3.8) is 0 Å². The first-order valence-corrected chi connectivity index (χ1v) is 11.1. The molecular weight excluding hydrogens is 408 g/mol. The predicted octanol–water partition coefficient (Wildman–Crippen LogP) is 2.97. The number of piperidine rings is 1. The maximum atomic E-state index is 14.0. The quantitative estimate of drug-likeness (QED) is 0.740. The molecular formula is C25H28N2O5. The molecule has 0 aliphatic carbocycles. The van der Waals surface area contributed by atoms with Crippen LogP contribution in [-0.4, -0.2) is 67.9 Å². The second-order valence-electron chi connectivity index (χ2n) is 8.63. The third-order valence-corrected chi connectivity index (χ3v) is 6.95. The van der Waals surface area contributed by atoms with Crippen molar-refractivity contribution in [1.29, 1.82) is 0 Å². The molecule has 0 aromatic heterocycles. The van der Waals surface area contributed by atoms with Gasteiger partial charge in [-0.1, -0.05) is 30.3 Å². The lowest BCUT2D eigenvalue weighted by molar-refractivity contribution is -0.188. The highest BCUT2D eigenvalue weighted by molar-refractivity contribution is 6.01. The van der Waals surface area contributed by atoms with E-state index < -0.39 is 17.7 Å². The second-order valence-corrected chi connectivity index (χ2v) is 8.63. The Kier molecular flexibility index (Phi) is 5.39. The number of amides is 2. The Morgan fingerprint density at radius 2 is 1.69 bits per heavy atom. The number of benzene rings is 2. The van der Waals surface area contributed by atoms with Crippen molar-refractivity contribution in [2.45, 2.75) is 30.6 Å². The average Bonchev–Trinajstić information content (AvgIpc) is 3.29. The molecule has 2 amide bonds. The zero-order valence-corrected chi connectivity index (χ0v) is 18.5. The van der Waals surface area contributed by atoms with Gasteiger partial charge < -0.3 is 24.0 Å². The summed E-state index contributed by atoms with van der Waals surface area (Å²) in [5, 5.41) is 0. The number of carbonyl (C=O) groups excluding carboxylic acids is 2. The van der Waals surface area contributed by atoms with Gasteiger partial charge in [0, 0.05) is 38.5 Å².